The highest BCUT2D eigenvalue weighted by Gasteiger charge is 2.27. The molecule has 2 N–H and O–H groups in total. The summed E-state index contributed by atoms with van der Waals surface area (Å²) in [6.45, 7) is 3.39. The number of fused-ring (bicyclic) bond motifs is 1. The van der Waals surface area contributed by atoms with Gasteiger partial charge >= 0.3 is 6.09 Å². The summed E-state index contributed by atoms with van der Waals surface area (Å²) in [5.74, 6) is -0.176. The first kappa shape index (κ1) is 25.9. The van der Waals surface area contributed by atoms with Crippen LogP contribution in [0, 0.1) is 18.7 Å². The number of halogens is 1. The van der Waals surface area contributed by atoms with Crippen molar-refractivity contribution in [2.45, 2.75) is 68.2 Å². The molecule has 0 spiro atoms. The Morgan fingerprint density at radius 2 is 1.79 bits per heavy atom. The first-order valence-electron chi connectivity index (χ1n) is 13.7. The number of thioether (sulfide) groups is 1. The molecule has 1 saturated heterocycles. The summed E-state index contributed by atoms with van der Waals surface area (Å²) in [5.41, 5.74) is 2.09. The van der Waals surface area contributed by atoms with Crippen molar-refractivity contribution < 1.29 is 19.1 Å². The lowest BCUT2D eigenvalue weighted by atomic mass is 9.95. The lowest BCUT2D eigenvalue weighted by Gasteiger charge is -2.30. The highest BCUT2D eigenvalue weighted by molar-refractivity contribution is 8.00. The van der Waals surface area contributed by atoms with Crippen LogP contribution in [0.2, 0.25) is 0 Å². The number of hydrogen-bond acceptors (Lipinski definition) is 4. The molecule has 7 nitrogen and oxygen atoms in total. The molecule has 2 saturated carbocycles. The molecule has 6 rings (SSSR count). The molecule has 0 radical (unpaired) electrons. The van der Waals surface area contributed by atoms with E-state index in [1.807, 2.05) is 29.0 Å². The van der Waals surface area contributed by atoms with Gasteiger partial charge in [0.05, 0.1) is 0 Å². The van der Waals surface area contributed by atoms with Crippen molar-refractivity contribution in [1.29, 1.82) is 0 Å². The highest BCUT2D eigenvalue weighted by atomic mass is 32.2. The predicted octanol–water partition coefficient (Wildman–Crippen LogP) is 5.65. The van der Waals surface area contributed by atoms with E-state index in [4.69, 9.17) is 0 Å². The van der Waals surface area contributed by atoms with Gasteiger partial charge in [-0.15, -0.1) is 11.8 Å². The fraction of sp³-hybridized carbons (Fsp3) is 0.433. The third-order valence-corrected chi connectivity index (χ3v) is 9.42. The van der Waals surface area contributed by atoms with Crippen molar-refractivity contribution in [3.05, 3.63) is 63.8 Å². The van der Waals surface area contributed by atoms with Gasteiger partial charge in [-0.3, -0.25) is 9.59 Å². The maximum atomic E-state index is 15.0. The van der Waals surface area contributed by atoms with Crippen molar-refractivity contribution in [3.63, 3.8) is 0 Å². The lowest BCUT2D eigenvalue weighted by molar-refractivity contribution is 0.0950. The van der Waals surface area contributed by atoms with Crippen LogP contribution in [0.4, 0.5) is 9.18 Å². The maximum absolute atomic E-state index is 15.0. The van der Waals surface area contributed by atoms with E-state index in [0.29, 0.717) is 47.6 Å². The number of benzene rings is 2. The van der Waals surface area contributed by atoms with Gasteiger partial charge in [0.2, 0.25) is 0 Å². The molecule has 0 atom stereocenters. The second-order valence-electron chi connectivity index (χ2n) is 11.1. The predicted molar refractivity (Wildman–Crippen MR) is 150 cm³/mol. The molecule has 9 heteroatoms. The fourth-order valence-electron chi connectivity index (χ4n) is 5.29. The van der Waals surface area contributed by atoms with Gasteiger partial charge in [0.1, 0.15) is 5.82 Å². The number of aromatic nitrogens is 1. The Bertz CT molecular complexity index is 1520. The minimum Gasteiger partial charge on any atom is -0.465 e. The van der Waals surface area contributed by atoms with Crippen LogP contribution < -0.4 is 10.9 Å². The molecular weight excluding hydrogens is 517 g/mol. The zero-order chi connectivity index (χ0) is 27.3. The van der Waals surface area contributed by atoms with Crippen LogP contribution in [0.3, 0.4) is 0 Å². The van der Waals surface area contributed by atoms with E-state index >= 15 is 0 Å². The summed E-state index contributed by atoms with van der Waals surface area (Å²) in [4.78, 5) is 39.9. The number of nitrogens with zero attached hydrogens (tertiary/aromatic N) is 2. The van der Waals surface area contributed by atoms with Crippen LogP contribution in [0.15, 0.2) is 46.2 Å². The van der Waals surface area contributed by atoms with E-state index in [0.717, 1.165) is 54.4 Å². The number of carbonyl (C=O) groups excluding carboxylic acids is 1. The zero-order valence-electron chi connectivity index (χ0n) is 21.9. The molecule has 3 aromatic rings. The molecule has 0 bridgehead atoms. The maximum Gasteiger partial charge on any atom is 0.407 e. The first-order chi connectivity index (χ1) is 18.8. The van der Waals surface area contributed by atoms with Gasteiger partial charge in [0.25, 0.3) is 11.5 Å². The average Bonchev–Trinajstić information content (AvgIpc) is 3.86. The van der Waals surface area contributed by atoms with E-state index in [9.17, 15) is 23.9 Å². The number of pyridine rings is 1. The topological polar surface area (TPSA) is 91.6 Å². The van der Waals surface area contributed by atoms with Crippen LogP contribution in [0.5, 0.6) is 0 Å². The number of rotatable bonds is 7. The third-order valence-electron chi connectivity index (χ3n) is 8.04. The third kappa shape index (κ3) is 5.55. The fourth-order valence-corrected chi connectivity index (χ4v) is 6.57. The summed E-state index contributed by atoms with van der Waals surface area (Å²) in [6.07, 6.45) is 6.71. The normalized spacial score (nSPS) is 17.9. The quantitative estimate of drug-likeness (QED) is 0.397. The van der Waals surface area contributed by atoms with Crippen molar-refractivity contribution in [2.75, 3.05) is 13.1 Å². The Hall–Kier alpha value is -3.33. The molecule has 2 amide bonds. The number of piperidine rings is 1. The van der Waals surface area contributed by atoms with Gasteiger partial charge in [-0.05, 0) is 92.3 Å². The van der Waals surface area contributed by atoms with Gasteiger partial charge in [-0.25, -0.2) is 9.18 Å². The van der Waals surface area contributed by atoms with Crippen molar-refractivity contribution in [3.8, 4) is 11.1 Å². The Morgan fingerprint density at radius 1 is 1.05 bits per heavy atom. The van der Waals surface area contributed by atoms with E-state index in [2.05, 4.69) is 5.32 Å². The number of carbonyl (C=O) groups is 2. The zero-order valence-corrected chi connectivity index (χ0v) is 22.7. The average molecular weight is 550 g/mol. The monoisotopic (exact) mass is 549 g/mol. The number of hydrogen-bond donors (Lipinski definition) is 2. The lowest BCUT2D eigenvalue weighted by Crippen LogP contribution is -2.38. The molecule has 3 fully saturated rings. The molecule has 2 heterocycles. The van der Waals surface area contributed by atoms with E-state index in [1.54, 1.807) is 24.8 Å². The Morgan fingerprint density at radius 3 is 2.46 bits per heavy atom. The summed E-state index contributed by atoms with van der Waals surface area (Å²) in [6, 6.07) is 8.80. The van der Waals surface area contributed by atoms with Gasteiger partial charge < -0.3 is 19.9 Å². The second-order valence-corrected chi connectivity index (χ2v) is 12.5. The first-order valence-corrected chi connectivity index (χ1v) is 14.6. The SMILES string of the molecule is Cc1c(F)cc(C(=O)NC2CC2)cc1-c1ccc2c(=O)n(CC3CC3)cc(SC3CCN(C(=O)O)CC3)c2c1. The molecule has 2 aromatic carbocycles. The molecule has 2 aliphatic carbocycles. The van der Waals surface area contributed by atoms with Crippen LogP contribution in [0.1, 0.15) is 54.4 Å². The minimum atomic E-state index is -0.887. The van der Waals surface area contributed by atoms with Crippen molar-refractivity contribution in [1.82, 2.24) is 14.8 Å². The van der Waals surface area contributed by atoms with Crippen LogP contribution in [-0.2, 0) is 6.54 Å². The molecule has 1 aromatic heterocycles. The standard InChI is InChI=1S/C30H32FN3O4S/c1-17-24(13-20(14-26(17)31)28(35)32-21-5-6-21)19-4-7-23-25(12-19)27(16-34(29(23)36)15-18-2-3-18)39-22-8-10-33(11-9-22)30(37)38/h4,7,12-14,16,18,21-22H,2-3,5-6,8-11,15H2,1H3,(H,32,35)(H,37,38). The number of amides is 2. The minimum absolute atomic E-state index is 0.0334. The molecule has 3 aliphatic rings. The van der Waals surface area contributed by atoms with E-state index in [1.165, 1.54) is 11.0 Å². The van der Waals surface area contributed by atoms with Crippen LogP contribution >= 0.6 is 11.8 Å². The van der Waals surface area contributed by atoms with E-state index in [-0.39, 0.29) is 22.8 Å². The molecular formula is C30H32FN3O4S. The molecule has 204 valence electrons. The van der Waals surface area contributed by atoms with Gasteiger partial charge in [0, 0.05) is 58.4 Å². The summed E-state index contributed by atoms with van der Waals surface area (Å²) >= 11 is 1.69. The Balaban J connectivity index is 1.39. The Labute approximate surface area is 230 Å². The molecule has 39 heavy (non-hydrogen) atoms. The largest absolute Gasteiger partial charge is 0.465 e. The highest BCUT2D eigenvalue weighted by Crippen LogP contribution is 2.38. The number of nitrogens with one attached hydrogen (secondary N) is 1. The summed E-state index contributed by atoms with van der Waals surface area (Å²) in [7, 11) is 0. The molecule has 0 unspecified atom stereocenters. The van der Waals surface area contributed by atoms with Crippen molar-refractivity contribution >= 4 is 34.5 Å². The van der Waals surface area contributed by atoms with Crippen LogP contribution in [-0.4, -0.2) is 51.0 Å². The Kier molecular flexibility index (Phi) is 6.87. The smallest absolute Gasteiger partial charge is 0.407 e. The van der Waals surface area contributed by atoms with Crippen molar-refractivity contribution in [2.24, 2.45) is 5.92 Å². The number of carboxylic acid groups (broad SMARTS) is 1. The van der Waals surface area contributed by atoms with Gasteiger partial charge in [-0.1, -0.05) is 6.07 Å². The van der Waals surface area contributed by atoms with Crippen LogP contribution in [0.25, 0.3) is 21.9 Å². The van der Waals surface area contributed by atoms with Gasteiger partial charge in [-0.2, -0.15) is 0 Å². The summed E-state index contributed by atoms with van der Waals surface area (Å²) < 4.78 is 16.8. The second kappa shape index (κ2) is 10.3. The molecule has 1 aliphatic heterocycles. The summed E-state index contributed by atoms with van der Waals surface area (Å²) in [5, 5.41) is 13.9. The van der Waals surface area contributed by atoms with E-state index < -0.39 is 11.9 Å². The van der Waals surface area contributed by atoms with Gasteiger partial charge in [0.15, 0.2) is 0 Å². The number of likely N-dealkylation sites (tertiary alicyclic amines) is 1.